The van der Waals surface area contributed by atoms with E-state index < -0.39 is 17.9 Å². The van der Waals surface area contributed by atoms with Crippen LogP contribution in [0.4, 0.5) is 0 Å². The molecule has 0 spiro atoms. The van der Waals surface area contributed by atoms with Gasteiger partial charge < -0.3 is 24.8 Å². The van der Waals surface area contributed by atoms with Crippen molar-refractivity contribution in [2.75, 3.05) is 0 Å². The molecule has 113 valence electrons. The topological polar surface area (TPSA) is 12.0 Å². The van der Waals surface area contributed by atoms with E-state index in [1.165, 1.54) is 11.1 Å². The van der Waals surface area contributed by atoms with Crippen molar-refractivity contribution in [2.24, 2.45) is 0 Å². The molecule has 0 heterocycles. The van der Waals surface area contributed by atoms with Crippen LogP contribution in [-0.2, 0) is 17.9 Å². The summed E-state index contributed by atoms with van der Waals surface area (Å²) in [6.45, 7) is 6.74. The Morgan fingerprint density at radius 3 is 2.10 bits per heavy atom. The van der Waals surface area contributed by atoms with Gasteiger partial charge in [0.1, 0.15) is 0 Å². The Balaban J connectivity index is 0. The van der Waals surface area contributed by atoms with E-state index in [0.717, 1.165) is 0 Å². The molecule has 0 saturated carbocycles. The Hall–Kier alpha value is 0.431. The van der Waals surface area contributed by atoms with Crippen LogP contribution in [0.1, 0.15) is 37.9 Å². The zero-order valence-electron chi connectivity index (χ0n) is 12.2. The van der Waals surface area contributed by atoms with E-state index in [1.54, 1.807) is 3.88 Å². The molecule has 2 rings (SSSR count). The van der Waals surface area contributed by atoms with Gasteiger partial charge in [-0.2, -0.15) is 0 Å². The first-order chi connectivity index (χ1) is 7.88. The van der Waals surface area contributed by atoms with Crippen molar-refractivity contribution in [3.63, 3.8) is 0 Å². The molecule has 1 aromatic rings. The maximum Gasteiger partial charge on any atom is -0.0149 e. The third-order valence-corrected chi connectivity index (χ3v) is 5.56. The molecular weight excluding hydrogens is 341 g/mol. The standard InChI is InChI=1S/C13H16N.2CH3.2ClH.H4Si.Ti/c1-13(2,3)14-12-9-8-10-6-4-5-7-11(10)12;;;;;;/h4-8,12,14H,1-3H3;2*1H3;2*1H;1H4;/q;;;;;;+2/p-2. The fourth-order valence-corrected chi connectivity index (χ4v) is 4.30. The molecule has 1 aliphatic rings. The summed E-state index contributed by atoms with van der Waals surface area (Å²) in [5.74, 6) is 0. The van der Waals surface area contributed by atoms with Gasteiger partial charge in [-0.05, 0) is 11.0 Å². The molecule has 1 aliphatic carbocycles. The minimum atomic E-state index is -1.03. The largest absolute Gasteiger partial charge is 1.00 e. The van der Waals surface area contributed by atoms with Crippen molar-refractivity contribution in [3.8, 4) is 0 Å². The van der Waals surface area contributed by atoms with Crippen molar-refractivity contribution < 1.29 is 42.7 Å². The van der Waals surface area contributed by atoms with Gasteiger partial charge in [-0.15, -0.1) is 0 Å². The molecule has 0 amide bonds. The van der Waals surface area contributed by atoms with Gasteiger partial charge in [-0.3, -0.25) is 0 Å². The Morgan fingerprint density at radius 2 is 1.60 bits per heavy atom. The average Bonchev–Trinajstić information content (AvgIpc) is 2.55. The van der Waals surface area contributed by atoms with Gasteiger partial charge in [0.2, 0.25) is 0 Å². The number of hydrogen-bond acceptors (Lipinski definition) is 1. The summed E-state index contributed by atoms with van der Waals surface area (Å²) >= 11 is -1.03. The van der Waals surface area contributed by atoms with Crippen LogP contribution >= 0.6 is 0 Å². The number of hydrogen-bond donors (Lipinski definition) is 1. The minimum absolute atomic E-state index is 0. The molecule has 0 bridgehead atoms. The van der Waals surface area contributed by atoms with Gasteiger partial charge in [-0.1, -0.05) is 0 Å². The third kappa shape index (κ3) is 5.32. The van der Waals surface area contributed by atoms with Crippen LogP contribution in [0, 0.1) is 0 Å². The number of halogens is 2. The van der Waals surface area contributed by atoms with Crippen LogP contribution in [-0.4, -0.2) is 16.5 Å². The van der Waals surface area contributed by atoms with E-state index in [0.29, 0.717) is 6.04 Å². The number of nitrogens with one attached hydrogen (secondary N) is 1. The minimum Gasteiger partial charge on any atom is -1.00 e. The van der Waals surface area contributed by atoms with Crippen LogP contribution in [0.3, 0.4) is 0 Å². The molecule has 0 fully saturated rings. The molecule has 1 atom stereocenters. The molecule has 0 radical (unpaired) electrons. The van der Waals surface area contributed by atoms with Gasteiger partial charge >= 0.3 is 111 Å². The van der Waals surface area contributed by atoms with Crippen LogP contribution in [0.15, 0.2) is 28.1 Å². The predicted octanol–water partition coefficient (Wildman–Crippen LogP) is -3.26. The van der Waals surface area contributed by atoms with Crippen molar-refractivity contribution in [1.29, 1.82) is 0 Å². The zero-order valence-corrected chi connectivity index (χ0v) is 15.3. The van der Waals surface area contributed by atoms with Gasteiger partial charge in [0, 0.05) is 0 Å². The maximum atomic E-state index is 3.78. The van der Waals surface area contributed by atoms with Crippen LogP contribution < -0.4 is 30.1 Å². The molecule has 5 heteroatoms. The maximum absolute atomic E-state index is 3.78. The van der Waals surface area contributed by atoms with Crippen molar-refractivity contribution in [2.45, 2.75) is 42.8 Å². The summed E-state index contributed by atoms with van der Waals surface area (Å²) in [5.41, 5.74) is 3.04. The van der Waals surface area contributed by atoms with Crippen molar-refractivity contribution in [1.82, 2.24) is 5.32 Å². The second kappa shape index (κ2) is 8.77. The van der Waals surface area contributed by atoms with Crippen LogP contribution in [0.2, 0.25) is 10.5 Å². The summed E-state index contributed by atoms with van der Waals surface area (Å²) in [5, 5.41) is 8.66. The Kier molecular flexibility index (Phi) is 9.96. The quantitative estimate of drug-likeness (QED) is 0.542. The normalized spacial score (nSPS) is 16.1. The fraction of sp³-hybridized carbons (Fsp3) is 0.467. The van der Waals surface area contributed by atoms with Gasteiger partial charge in [-0.25, -0.2) is 0 Å². The van der Waals surface area contributed by atoms with Crippen LogP contribution in [0.5, 0.6) is 0 Å². The number of rotatable bonds is 2. The molecule has 0 saturated heterocycles. The first-order valence-corrected chi connectivity index (χ1v) is 10.2. The second-order valence-corrected chi connectivity index (χ2v) is 10.1. The van der Waals surface area contributed by atoms with Gasteiger partial charge in [0.25, 0.3) is 0 Å². The van der Waals surface area contributed by atoms with Gasteiger partial charge in [0.15, 0.2) is 0 Å². The SMILES string of the molecule is [CH3][Ti+2]([CH3])[C]1=Cc2ccccc2C1NC(C)(C)C.[Cl-].[Cl-].[SiH4]. The molecule has 1 aromatic carbocycles. The summed E-state index contributed by atoms with van der Waals surface area (Å²) < 4.78 is 1.67. The summed E-state index contributed by atoms with van der Waals surface area (Å²) in [6.07, 6.45) is 2.42. The van der Waals surface area contributed by atoms with E-state index in [-0.39, 0.29) is 41.3 Å². The predicted molar refractivity (Wildman–Crippen MR) is 83.1 cm³/mol. The molecule has 20 heavy (non-hydrogen) atoms. The first-order valence-electron chi connectivity index (χ1n) is 6.27. The monoisotopic (exact) mass is 366 g/mol. The Morgan fingerprint density at radius 1 is 1.05 bits per heavy atom. The van der Waals surface area contributed by atoms with Crippen molar-refractivity contribution >= 4 is 17.0 Å². The van der Waals surface area contributed by atoms with E-state index >= 15 is 0 Å². The Bertz CT molecular complexity index is 455. The first kappa shape index (κ1) is 22.7. The number of fused-ring (bicyclic) bond motifs is 1. The van der Waals surface area contributed by atoms with Gasteiger partial charge in [0.05, 0.1) is 0 Å². The molecule has 1 N–H and O–H groups in total. The van der Waals surface area contributed by atoms with Crippen molar-refractivity contribution in [3.05, 3.63) is 39.3 Å². The fourth-order valence-electron chi connectivity index (χ4n) is 2.35. The smallest absolute Gasteiger partial charge is 0.0149 e. The second-order valence-electron chi connectivity index (χ2n) is 6.06. The van der Waals surface area contributed by atoms with Crippen LogP contribution in [0.25, 0.3) is 6.08 Å². The summed E-state index contributed by atoms with van der Waals surface area (Å²) in [6, 6.07) is 9.25. The average molecular weight is 367 g/mol. The zero-order chi connectivity index (χ0) is 12.6. The molecule has 0 aromatic heterocycles. The molecule has 1 unspecified atom stereocenters. The van der Waals surface area contributed by atoms with E-state index in [4.69, 9.17) is 0 Å². The summed E-state index contributed by atoms with van der Waals surface area (Å²) in [7, 11) is 0. The van der Waals surface area contributed by atoms with E-state index in [1.807, 2.05) is 0 Å². The van der Waals surface area contributed by atoms with E-state index in [2.05, 4.69) is 66.9 Å². The third-order valence-electron chi connectivity index (χ3n) is 3.08. The summed E-state index contributed by atoms with van der Waals surface area (Å²) in [4.78, 5) is 0. The molecule has 1 nitrogen and oxygen atoms in total. The molecule has 0 aliphatic heterocycles. The Labute approximate surface area is 146 Å². The van der Waals surface area contributed by atoms with E-state index in [9.17, 15) is 0 Å². The molecular formula is C15H26Cl2NSiTi. The number of benzene rings is 1.